The molecule has 1 heterocycles. The third-order valence-corrected chi connectivity index (χ3v) is 5.01. The molecule has 0 aromatic carbocycles. The molecular weight excluding hydrogens is 196 g/mol. The molecule has 3 aliphatic rings. The van der Waals surface area contributed by atoms with E-state index in [9.17, 15) is 0 Å². The van der Waals surface area contributed by atoms with Crippen LogP contribution in [0.2, 0.25) is 0 Å². The first kappa shape index (κ1) is 10.6. The largest absolute Gasteiger partial charge is 0.364 e. The second kappa shape index (κ2) is 3.01. The highest BCUT2D eigenvalue weighted by Gasteiger charge is 2.60. The maximum Gasteiger partial charge on any atom is 0.0965 e. The predicted molar refractivity (Wildman–Crippen MR) is 66.2 cm³/mol. The average Bonchev–Trinajstić information content (AvgIpc) is 2.36. The summed E-state index contributed by atoms with van der Waals surface area (Å²) >= 11 is 0. The van der Waals surface area contributed by atoms with Gasteiger partial charge in [-0.25, -0.2) is 0 Å². The SMILES string of the molecule is CC1=CC2[C@@H]3CC=C(C)C2(CC1)OC3(C)C. The molecule has 0 saturated carbocycles. The van der Waals surface area contributed by atoms with Crippen molar-refractivity contribution in [2.75, 3.05) is 0 Å². The van der Waals surface area contributed by atoms with Crippen molar-refractivity contribution in [3.63, 3.8) is 0 Å². The lowest BCUT2D eigenvalue weighted by molar-refractivity contribution is -0.0799. The summed E-state index contributed by atoms with van der Waals surface area (Å²) in [4.78, 5) is 0. The Morgan fingerprint density at radius 2 is 2.06 bits per heavy atom. The molecule has 88 valence electrons. The lowest BCUT2D eigenvalue weighted by Gasteiger charge is -2.41. The van der Waals surface area contributed by atoms with Crippen LogP contribution < -0.4 is 0 Å². The van der Waals surface area contributed by atoms with Gasteiger partial charge in [-0.15, -0.1) is 0 Å². The minimum atomic E-state index is 0.0417. The van der Waals surface area contributed by atoms with Crippen LogP contribution in [-0.2, 0) is 4.74 Å². The number of ether oxygens (including phenoxy) is 1. The molecule has 0 N–H and O–H groups in total. The van der Waals surface area contributed by atoms with Crippen LogP contribution in [0.5, 0.6) is 0 Å². The molecule has 1 heteroatoms. The van der Waals surface area contributed by atoms with Crippen molar-refractivity contribution in [2.24, 2.45) is 11.8 Å². The Hall–Kier alpha value is -0.560. The molecule has 1 saturated heterocycles. The van der Waals surface area contributed by atoms with Gasteiger partial charge >= 0.3 is 0 Å². The third kappa shape index (κ3) is 1.15. The molecule has 0 radical (unpaired) electrons. The van der Waals surface area contributed by atoms with Gasteiger partial charge in [0.25, 0.3) is 0 Å². The molecule has 1 fully saturated rings. The summed E-state index contributed by atoms with van der Waals surface area (Å²) in [7, 11) is 0. The summed E-state index contributed by atoms with van der Waals surface area (Å²) < 4.78 is 6.51. The Morgan fingerprint density at radius 1 is 1.31 bits per heavy atom. The Balaban J connectivity index is 2.13. The molecule has 2 aliphatic carbocycles. The van der Waals surface area contributed by atoms with E-state index < -0.39 is 0 Å². The highest BCUT2D eigenvalue weighted by molar-refractivity contribution is 5.34. The van der Waals surface area contributed by atoms with Crippen molar-refractivity contribution in [2.45, 2.75) is 58.2 Å². The van der Waals surface area contributed by atoms with Gasteiger partial charge in [-0.1, -0.05) is 17.7 Å². The predicted octanol–water partition coefficient (Wildman–Crippen LogP) is 3.86. The zero-order valence-corrected chi connectivity index (χ0v) is 10.8. The molecule has 0 amide bonds. The van der Waals surface area contributed by atoms with E-state index in [0.717, 1.165) is 0 Å². The summed E-state index contributed by atoms with van der Waals surface area (Å²) in [6.45, 7) is 9.08. The molecule has 0 spiro atoms. The Labute approximate surface area is 98.6 Å². The first-order chi connectivity index (χ1) is 7.46. The minimum absolute atomic E-state index is 0.0417. The molecular formula is C15H22O. The highest BCUT2D eigenvalue weighted by atomic mass is 16.5. The van der Waals surface area contributed by atoms with Crippen LogP contribution in [0.1, 0.15) is 47.0 Å². The zero-order chi connectivity index (χ0) is 11.6. The van der Waals surface area contributed by atoms with E-state index in [4.69, 9.17) is 4.74 Å². The van der Waals surface area contributed by atoms with Crippen LogP contribution in [0.25, 0.3) is 0 Å². The molecule has 2 bridgehead atoms. The van der Waals surface area contributed by atoms with Gasteiger partial charge in [0.15, 0.2) is 0 Å². The lowest BCUT2D eigenvalue weighted by Crippen LogP contribution is -2.41. The fourth-order valence-corrected chi connectivity index (χ4v) is 4.06. The van der Waals surface area contributed by atoms with E-state index in [-0.39, 0.29) is 11.2 Å². The van der Waals surface area contributed by atoms with Crippen LogP contribution >= 0.6 is 0 Å². The molecule has 3 rings (SSSR count). The van der Waals surface area contributed by atoms with Crippen molar-refractivity contribution in [3.05, 3.63) is 23.3 Å². The van der Waals surface area contributed by atoms with Gasteiger partial charge in [0.1, 0.15) is 0 Å². The fraction of sp³-hybridized carbons (Fsp3) is 0.733. The maximum atomic E-state index is 6.51. The number of rotatable bonds is 0. The van der Waals surface area contributed by atoms with Crippen molar-refractivity contribution in [1.82, 2.24) is 0 Å². The van der Waals surface area contributed by atoms with E-state index >= 15 is 0 Å². The zero-order valence-electron chi connectivity index (χ0n) is 10.8. The van der Waals surface area contributed by atoms with E-state index in [1.165, 1.54) is 24.8 Å². The molecule has 0 aromatic rings. The topological polar surface area (TPSA) is 9.23 Å². The Morgan fingerprint density at radius 3 is 2.81 bits per heavy atom. The molecule has 2 unspecified atom stereocenters. The van der Waals surface area contributed by atoms with Crippen LogP contribution in [0, 0.1) is 11.8 Å². The lowest BCUT2D eigenvalue weighted by atomic mass is 9.64. The van der Waals surface area contributed by atoms with E-state index in [2.05, 4.69) is 39.8 Å². The summed E-state index contributed by atoms with van der Waals surface area (Å²) in [6.07, 6.45) is 8.49. The molecule has 1 nitrogen and oxygen atoms in total. The van der Waals surface area contributed by atoms with Gasteiger partial charge in [0.05, 0.1) is 11.2 Å². The first-order valence-corrected chi connectivity index (χ1v) is 6.50. The van der Waals surface area contributed by atoms with Crippen molar-refractivity contribution in [3.8, 4) is 0 Å². The van der Waals surface area contributed by atoms with Gasteiger partial charge in [0.2, 0.25) is 0 Å². The quantitative estimate of drug-likeness (QED) is 0.561. The van der Waals surface area contributed by atoms with Gasteiger partial charge in [-0.3, -0.25) is 0 Å². The average molecular weight is 218 g/mol. The fourth-order valence-electron chi connectivity index (χ4n) is 4.06. The van der Waals surface area contributed by atoms with E-state index in [1.54, 1.807) is 5.57 Å². The van der Waals surface area contributed by atoms with Gasteiger partial charge < -0.3 is 4.74 Å². The van der Waals surface area contributed by atoms with Gasteiger partial charge in [-0.05, 0) is 52.5 Å². The van der Waals surface area contributed by atoms with Crippen LogP contribution in [0.4, 0.5) is 0 Å². The number of hydrogen-bond acceptors (Lipinski definition) is 1. The molecule has 16 heavy (non-hydrogen) atoms. The van der Waals surface area contributed by atoms with Crippen LogP contribution in [-0.4, -0.2) is 11.2 Å². The monoisotopic (exact) mass is 218 g/mol. The second-order valence-corrected chi connectivity index (χ2v) is 6.36. The summed E-state index contributed by atoms with van der Waals surface area (Å²) in [5.74, 6) is 1.30. The molecule has 0 aromatic heterocycles. The number of allylic oxidation sites excluding steroid dienone is 2. The smallest absolute Gasteiger partial charge is 0.0965 e. The summed E-state index contributed by atoms with van der Waals surface area (Å²) in [5, 5.41) is 0. The van der Waals surface area contributed by atoms with Crippen molar-refractivity contribution in [1.29, 1.82) is 0 Å². The Kier molecular flexibility index (Phi) is 1.99. The first-order valence-electron chi connectivity index (χ1n) is 6.50. The highest BCUT2D eigenvalue weighted by Crippen LogP contribution is 2.59. The van der Waals surface area contributed by atoms with Crippen molar-refractivity contribution < 1.29 is 4.74 Å². The van der Waals surface area contributed by atoms with Crippen molar-refractivity contribution >= 4 is 0 Å². The Bertz CT molecular complexity index is 388. The summed E-state index contributed by atoms with van der Waals surface area (Å²) in [6, 6.07) is 0. The third-order valence-electron chi connectivity index (χ3n) is 5.01. The van der Waals surface area contributed by atoms with E-state index in [0.29, 0.717) is 11.8 Å². The van der Waals surface area contributed by atoms with Crippen LogP contribution in [0.3, 0.4) is 0 Å². The van der Waals surface area contributed by atoms with Crippen LogP contribution in [0.15, 0.2) is 23.3 Å². The standard InChI is InChI=1S/C15H22O/c1-10-7-8-15-11(2)5-6-12(13(15)9-10)14(3,4)16-15/h5,9,12-13H,6-8H2,1-4H3/t12-,13?,15?/m0/s1. The molecule has 1 aliphatic heterocycles. The molecule has 3 atom stereocenters. The van der Waals surface area contributed by atoms with Gasteiger partial charge in [-0.2, -0.15) is 0 Å². The minimum Gasteiger partial charge on any atom is -0.364 e. The van der Waals surface area contributed by atoms with E-state index in [1.807, 2.05) is 0 Å². The maximum absolute atomic E-state index is 6.51. The summed E-state index contributed by atoms with van der Waals surface area (Å²) in [5.41, 5.74) is 3.12. The van der Waals surface area contributed by atoms with Gasteiger partial charge in [0, 0.05) is 11.8 Å². The second-order valence-electron chi connectivity index (χ2n) is 6.36. The number of hydrogen-bond donors (Lipinski definition) is 0. The normalized spacial score (nSPS) is 44.8.